The van der Waals surface area contributed by atoms with Crippen molar-refractivity contribution in [2.24, 2.45) is 0 Å². The number of carbonyl (C=O) groups excluding carboxylic acids is 1. The lowest BCUT2D eigenvalue weighted by atomic mass is 9.75. The zero-order valence-corrected chi connectivity index (χ0v) is 15.8. The first-order valence-corrected chi connectivity index (χ1v) is 9.52. The number of morpholine rings is 1. The van der Waals surface area contributed by atoms with Gasteiger partial charge in [-0.25, -0.2) is 9.18 Å². The second-order valence-electron chi connectivity index (χ2n) is 7.69. The maximum atomic E-state index is 13.5. The van der Waals surface area contributed by atoms with Gasteiger partial charge in [-0.1, -0.05) is 36.4 Å². The van der Waals surface area contributed by atoms with Gasteiger partial charge in [0.05, 0.1) is 30.9 Å². The molecular weight excluding hydrogens is 361 g/mol. The Labute approximate surface area is 163 Å². The number of piperidine rings is 1. The van der Waals surface area contributed by atoms with Crippen LogP contribution in [0.15, 0.2) is 48.5 Å². The number of aliphatic hydroxyl groups is 1. The normalized spacial score (nSPS) is 26.8. The van der Waals surface area contributed by atoms with E-state index in [-0.39, 0.29) is 30.6 Å². The summed E-state index contributed by atoms with van der Waals surface area (Å²) in [6.07, 6.45) is 0.271. The van der Waals surface area contributed by atoms with Crippen LogP contribution in [-0.4, -0.2) is 41.4 Å². The Morgan fingerprint density at radius 3 is 2.54 bits per heavy atom. The summed E-state index contributed by atoms with van der Waals surface area (Å²) in [4.78, 5) is 14.5. The minimum Gasteiger partial charge on any atom is -0.445 e. The van der Waals surface area contributed by atoms with Crippen LogP contribution in [0.25, 0.3) is 0 Å². The quantitative estimate of drug-likeness (QED) is 0.878. The molecule has 0 aromatic heterocycles. The fourth-order valence-electron chi connectivity index (χ4n) is 4.44. The van der Waals surface area contributed by atoms with E-state index in [1.165, 1.54) is 12.1 Å². The van der Waals surface area contributed by atoms with Crippen molar-refractivity contribution < 1.29 is 23.8 Å². The second kappa shape index (κ2) is 7.53. The second-order valence-corrected chi connectivity index (χ2v) is 7.69. The molecule has 6 heteroatoms. The molecule has 148 valence electrons. The maximum Gasteiger partial charge on any atom is 0.410 e. The first-order chi connectivity index (χ1) is 13.5. The third kappa shape index (κ3) is 3.62. The summed E-state index contributed by atoms with van der Waals surface area (Å²) in [5.41, 5.74) is 1.23. The average molecular weight is 385 g/mol. The smallest absolute Gasteiger partial charge is 0.410 e. The predicted molar refractivity (Wildman–Crippen MR) is 101 cm³/mol. The van der Waals surface area contributed by atoms with Crippen molar-refractivity contribution in [1.29, 1.82) is 0 Å². The first-order valence-electron chi connectivity index (χ1n) is 9.52. The number of hydrogen-bond acceptors (Lipinski definition) is 4. The molecule has 2 aliphatic heterocycles. The number of halogens is 1. The summed E-state index contributed by atoms with van der Waals surface area (Å²) in [6.45, 7) is 2.69. The van der Waals surface area contributed by atoms with Gasteiger partial charge in [0.2, 0.25) is 0 Å². The molecule has 5 nitrogen and oxygen atoms in total. The topological polar surface area (TPSA) is 59.0 Å². The van der Waals surface area contributed by atoms with Gasteiger partial charge < -0.3 is 14.6 Å². The molecule has 1 amide bonds. The molecule has 1 N–H and O–H groups in total. The highest BCUT2D eigenvalue weighted by Gasteiger charge is 2.49. The Bertz CT molecular complexity index is 843. The number of ether oxygens (including phenoxy) is 2. The van der Waals surface area contributed by atoms with Crippen molar-refractivity contribution in [3.05, 3.63) is 71.0 Å². The molecule has 2 bridgehead atoms. The number of aryl methyl sites for hydroxylation is 1. The molecule has 2 heterocycles. The predicted octanol–water partition coefficient (Wildman–Crippen LogP) is 3.52. The molecule has 2 saturated heterocycles. The van der Waals surface area contributed by atoms with Crippen LogP contribution in [0.2, 0.25) is 0 Å². The van der Waals surface area contributed by atoms with E-state index in [1.54, 1.807) is 17.9 Å². The lowest BCUT2D eigenvalue weighted by Crippen LogP contribution is -2.62. The molecule has 2 unspecified atom stereocenters. The van der Waals surface area contributed by atoms with Crippen LogP contribution < -0.4 is 0 Å². The molecule has 0 radical (unpaired) electrons. The maximum absolute atomic E-state index is 13.5. The molecule has 2 atom stereocenters. The van der Waals surface area contributed by atoms with E-state index in [0.29, 0.717) is 37.2 Å². The fraction of sp³-hybridized carbons (Fsp3) is 0.409. The summed E-state index contributed by atoms with van der Waals surface area (Å²) in [6, 6.07) is 13.4. The minimum absolute atomic E-state index is 0.206. The largest absolute Gasteiger partial charge is 0.445 e. The number of fused-ring (bicyclic) bond motifs is 2. The van der Waals surface area contributed by atoms with Gasteiger partial charge in [0.25, 0.3) is 0 Å². The monoisotopic (exact) mass is 385 g/mol. The molecule has 0 aliphatic carbocycles. The van der Waals surface area contributed by atoms with Gasteiger partial charge in [0, 0.05) is 12.8 Å². The summed E-state index contributed by atoms with van der Waals surface area (Å²) < 4.78 is 24.6. The van der Waals surface area contributed by atoms with E-state index < -0.39 is 5.60 Å². The minimum atomic E-state index is -1.12. The number of hydrogen-bond donors (Lipinski definition) is 1. The zero-order chi connectivity index (χ0) is 19.7. The van der Waals surface area contributed by atoms with Gasteiger partial charge in [-0.15, -0.1) is 0 Å². The fourth-order valence-corrected chi connectivity index (χ4v) is 4.44. The van der Waals surface area contributed by atoms with Crippen molar-refractivity contribution >= 4 is 6.09 Å². The van der Waals surface area contributed by atoms with E-state index >= 15 is 0 Å². The molecule has 2 aliphatic rings. The van der Waals surface area contributed by atoms with Crippen LogP contribution in [0.5, 0.6) is 0 Å². The number of benzene rings is 2. The molecule has 2 aromatic carbocycles. The Kier molecular flexibility index (Phi) is 5.08. The van der Waals surface area contributed by atoms with Crippen LogP contribution in [0.4, 0.5) is 9.18 Å². The van der Waals surface area contributed by atoms with E-state index in [2.05, 4.69) is 0 Å². The van der Waals surface area contributed by atoms with Gasteiger partial charge in [0.15, 0.2) is 0 Å². The lowest BCUT2D eigenvalue weighted by molar-refractivity contribution is -0.137. The number of rotatable bonds is 3. The molecule has 28 heavy (non-hydrogen) atoms. The highest BCUT2D eigenvalue weighted by Crippen LogP contribution is 2.42. The van der Waals surface area contributed by atoms with Gasteiger partial charge in [-0.05, 0) is 35.7 Å². The van der Waals surface area contributed by atoms with Crippen molar-refractivity contribution in [2.75, 3.05) is 13.2 Å². The van der Waals surface area contributed by atoms with E-state index in [1.807, 2.05) is 30.3 Å². The summed E-state index contributed by atoms with van der Waals surface area (Å²) in [5.74, 6) is -0.324. The van der Waals surface area contributed by atoms with Crippen LogP contribution in [0.1, 0.15) is 29.5 Å². The van der Waals surface area contributed by atoms with Gasteiger partial charge in [-0.2, -0.15) is 0 Å². The Morgan fingerprint density at radius 2 is 1.89 bits per heavy atom. The number of nitrogens with zero attached hydrogens (tertiary/aromatic N) is 1. The van der Waals surface area contributed by atoms with E-state index in [0.717, 1.165) is 5.56 Å². The van der Waals surface area contributed by atoms with Crippen molar-refractivity contribution in [2.45, 2.75) is 44.1 Å². The highest BCUT2D eigenvalue weighted by atomic mass is 19.1. The summed E-state index contributed by atoms with van der Waals surface area (Å²) >= 11 is 0. The third-order valence-electron chi connectivity index (χ3n) is 5.66. The van der Waals surface area contributed by atoms with Crippen molar-refractivity contribution in [3.63, 3.8) is 0 Å². The van der Waals surface area contributed by atoms with Crippen LogP contribution in [0, 0.1) is 12.7 Å². The third-order valence-corrected chi connectivity index (χ3v) is 5.66. The van der Waals surface area contributed by atoms with E-state index in [9.17, 15) is 14.3 Å². The van der Waals surface area contributed by atoms with E-state index in [4.69, 9.17) is 9.47 Å². The lowest BCUT2D eigenvalue weighted by Gasteiger charge is -2.51. The molecule has 2 fully saturated rings. The number of amides is 1. The summed E-state index contributed by atoms with van der Waals surface area (Å²) in [7, 11) is 0. The van der Waals surface area contributed by atoms with Gasteiger partial charge >= 0.3 is 6.09 Å². The molecule has 4 rings (SSSR count). The van der Waals surface area contributed by atoms with Crippen LogP contribution in [0.3, 0.4) is 0 Å². The van der Waals surface area contributed by atoms with Crippen LogP contribution in [-0.2, 0) is 21.7 Å². The van der Waals surface area contributed by atoms with Crippen molar-refractivity contribution in [3.8, 4) is 0 Å². The molecular formula is C22H24FNO4. The van der Waals surface area contributed by atoms with Crippen molar-refractivity contribution in [1.82, 2.24) is 4.90 Å². The average Bonchev–Trinajstić information content (AvgIpc) is 2.66. The standard InChI is InChI=1S/C22H24FNO4/c1-15-9-17(23)7-8-20(15)22(26)10-18-13-27-14-19(11-22)24(18)21(25)28-12-16-5-3-2-4-6-16/h2-9,18-19,26H,10-14H2,1H3. The van der Waals surface area contributed by atoms with Gasteiger partial charge in [0.1, 0.15) is 12.4 Å². The molecule has 0 spiro atoms. The number of carbonyl (C=O) groups is 1. The Morgan fingerprint density at radius 1 is 1.21 bits per heavy atom. The van der Waals surface area contributed by atoms with Gasteiger partial charge in [-0.3, -0.25) is 4.90 Å². The highest BCUT2D eigenvalue weighted by molar-refractivity contribution is 5.69. The Hall–Kier alpha value is -2.44. The first kappa shape index (κ1) is 18.9. The molecule has 0 saturated carbocycles. The Balaban J connectivity index is 1.51. The zero-order valence-electron chi connectivity index (χ0n) is 15.8. The SMILES string of the molecule is Cc1cc(F)ccc1C1(O)CC2COCC(C1)N2C(=O)OCc1ccccc1. The van der Waals surface area contributed by atoms with Crippen LogP contribution >= 0.6 is 0 Å². The molecule has 2 aromatic rings. The summed E-state index contributed by atoms with van der Waals surface area (Å²) in [5, 5.41) is 11.4.